The molecule has 10 heteroatoms. The molecule has 0 unspecified atom stereocenters. The van der Waals surface area contributed by atoms with Crippen molar-refractivity contribution in [3.63, 3.8) is 0 Å². The lowest BCUT2D eigenvalue weighted by Gasteiger charge is -2.02. The lowest BCUT2D eigenvalue weighted by molar-refractivity contribution is 0.100. The summed E-state index contributed by atoms with van der Waals surface area (Å²) in [5, 5.41) is 11.8. The summed E-state index contributed by atoms with van der Waals surface area (Å²) < 4.78 is 11.9. The first-order chi connectivity index (χ1) is 14.0. The second kappa shape index (κ2) is 8.89. The van der Waals surface area contributed by atoms with Gasteiger partial charge < -0.3 is 14.9 Å². The number of hydrogen-bond donors (Lipinski definition) is 2. The zero-order valence-corrected chi connectivity index (χ0v) is 17.5. The van der Waals surface area contributed by atoms with Gasteiger partial charge in [-0.2, -0.15) is 0 Å². The standard InChI is InChI=1S/C17H12ClN5O3S.C2H6/c1-25-11-3-2-4-12-13(11)20-17(27-12)21-16-23-22-15(26-16)9-6-5-8(18)7-10(9)14(19)24;1-2/h2-7H,1H3,(H2,19,24)(H,20,21,23);1-2H3. The zero-order chi connectivity index (χ0) is 21.0. The van der Waals surface area contributed by atoms with Crippen molar-refractivity contribution >= 4 is 50.2 Å². The van der Waals surface area contributed by atoms with E-state index < -0.39 is 5.91 Å². The number of benzene rings is 2. The third-order valence-electron chi connectivity index (χ3n) is 3.72. The van der Waals surface area contributed by atoms with Crippen molar-refractivity contribution in [1.82, 2.24) is 15.2 Å². The van der Waals surface area contributed by atoms with Crippen molar-refractivity contribution in [2.75, 3.05) is 12.4 Å². The van der Waals surface area contributed by atoms with Gasteiger partial charge >= 0.3 is 6.01 Å². The summed E-state index contributed by atoms with van der Waals surface area (Å²) in [7, 11) is 1.59. The van der Waals surface area contributed by atoms with E-state index in [1.54, 1.807) is 19.2 Å². The summed E-state index contributed by atoms with van der Waals surface area (Å²) in [5.74, 6) is 0.176. The molecule has 8 nitrogen and oxygen atoms in total. The molecule has 0 aliphatic heterocycles. The van der Waals surface area contributed by atoms with Crippen LogP contribution in [0.1, 0.15) is 24.2 Å². The van der Waals surface area contributed by atoms with Gasteiger partial charge in [0.05, 0.1) is 22.9 Å². The van der Waals surface area contributed by atoms with Gasteiger partial charge in [-0.05, 0) is 30.3 Å². The van der Waals surface area contributed by atoms with Crippen molar-refractivity contribution in [1.29, 1.82) is 0 Å². The fourth-order valence-corrected chi connectivity index (χ4v) is 3.57. The van der Waals surface area contributed by atoms with E-state index in [0.29, 0.717) is 21.5 Å². The predicted octanol–water partition coefficient (Wildman–Crippen LogP) is 4.88. The van der Waals surface area contributed by atoms with Gasteiger partial charge in [0.25, 0.3) is 5.89 Å². The highest BCUT2D eigenvalue weighted by atomic mass is 35.5. The van der Waals surface area contributed by atoms with Gasteiger partial charge in [0.1, 0.15) is 11.3 Å². The molecule has 2 aromatic heterocycles. The number of thiazole rings is 1. The molecule has 0 saturated heterocycles. The number of carbonyl (C=O) groups is 1. The van der Waals surface area contributed by atoms with Crippen LogP contribution < -0.4 is 15.8 Å². The van der Waals surface area contributed by atoms with E-state index in [0.717, 1.165) is 10.2 Å². The van der Waals surface area contributed by atoms with E-state index in [9.17, 15) is 4.79 Å². The number of para-hydroxylation sites is 1. The Kier molecular flexibility index (Phi) is 6.30. The van der Waals surface area contributed by atoms with Crippen molar-refractivity contribution in [3.05, 3.63) is 47.0 Å². The number of amides is 1. The Balaban J connectivity index is 0.00000117. The van der Waals surface area contributed by atoms with E-state index >= 15 is 0 Å². The number of fused-ring (bicyclic) bond motifs is 1. The normalized spacial score (nSPS) is 10.3. The van der Waals surface area contributed by atoms with E-state index in [2.05, 4.69) is 20.5 Å². The lowest BCUT2D eigenvalue weighted by Crippen LogP contribution is -2.12. The van der Waals surface area contributed by atoms with Crippen LogP contribution >= 0.6 is 22.9 Å². The number of methoxy groups -OCH3 is 1. The number of halogens is 1. The highest BCUT2D eigenvalue weighted by Gasteiger charge is 2.17. The van der Waals surface area contributed by atoms with Gasteiger partial charge in [0, 0.05) is 5.02 Å². The van der Waals surface area contributed by atoms with Crippen LogP contribution in [0.4, 0.5) is 11.1 Å². The predicted molar refractivity (Wildman–Crippen MR) is 114 cm³/mol. The molecule has 150 valence electrons. The van der Waals surface area contributed by atoms with Crippen LogP contribution in [-0.2, 0) is 0 Å². The number of aromatic nitrogens is 3. The molecule has 3 N–H and O–H groups in total. The maximum absolute atomic E-state index is 11.6. The molecule has 0 aliphatic carbocycles. The van der Waals surface area contributed by atoms with E-state index in [1.807, 2.05) is 32.0 Å². The number of nitrogens with one attached hydrogen (secondary N) is 1. The van der Waals surface area contributed by atoms with Crippen LogP contribution in [0.3, 0.4) is 0 Å². The molecule has 0 saturated carbocycles. The number of nitrogens with zero attached hydrogens (tertiary/aromatic N) is 3. The van der Waals surface area contributed by atoms with Crippen molar-refractivity contribution in [2.24, 2.45) is 5.73 Å². The summed E-state index contributed by atoms with van der Waals surface area (Å²) in [6.07, 6.45) is 0. The topological polar surface area (TPSA) is 116 Å². The van der Waals surface area contributed by atoms with Crippen LogP contribution in [0, 0.1) is 0 Å². The Labute approximate surface area is 175 Å². The van der Waals surface area contributed by atoms with Gasteiger partial charge in [0.15, 0.2) is 5.13 Å². The fourth-order valence-electron chi connectivity index (χ4n) is 2.52. The van der Waals surface area contributed by atoms with Crippen LogP contribution in [0.25, 0.3) is 21.7 Å². The number of primary amides is 1. The summed E-state index contributed by atoms with van der Waals surface area (Å²) in [5.41, 5.74) is 6.73. The Morgan fingerprint density at radius 3 is 2.76 bits per heavy atom. The van der Waals surface area contributed by atoms with Gasteiger partial charge in [-0.25, -0.2) is 4.98 Å². The van der Waals surface area contributed by atoms with Gasteiger partial charge in [0.2, 0.25) is 5.91 Å². The molecule has 0 atom stereocenters. The summed E-state index contributed by atoms with van der Waals surface area (Å²) in [6, 6.07) is 10.5. The van der Waals surface area contributed by atoms with Crippen LogP contribution in [0.2, 0.25) is 5.02 Å². The number of anilines is 2. The molecule has 29 heavy (non-hydrogen) atoms. The molecule has 0 radical (unpaired) electrons. The largest absolute Gasteiger partial charge is 0.494 e. The third kappa shape index (κ3) is 4.30. The first kappa shape index (κ1) is 20.6. The quantitative estimate of drug-likeness (QED) is 0.462. The lowest BCUT2D eigenvalue weighted by atomic mass is 10.1. The number of nitrogens with two attached hydrogens (primary N) is 1. The molecule has 4 aromatic rings. The molecule has 2 aromatic carbocycles. The van der Waals surface area contributed by atoms with Crippen LogP contribution in [0.15, 0.2) is 40.8 Å². The number of hydrogen-bond acceptors (Lipinski definition) is 8. The van der Waals surface area contributed by atoms with Crippen molar-refractivity contribution in [3.8, 4) is 17.2 Å². The van der Waals surface area contributed by atoms with Gasteiger partial charge in [-0.15, -0.1) is 5.10 Å². The molecular formula is C19H18ClN5O3S. The molecule has 0 spiro atoms. The molecule has 2 heterocycles. The van der Waals surface area contributed by atoms with E-state index in [-0.39, 0.29) is 17.5 Å². The Morgan fingerprint density at radius 1 is 1.24 bits per heavy atom. The molecule has 1 amide bonds. The van der Waals surface area contributed by atoms with Crippen molar-refractivity contribution in [2.45, 2.75) is 13.8 Å². The van der Waals surface area contributed by atoms with Crippen LogP contribution in [-0.4, -0.2) is 28.2 Å². The molecular weight excluding hydrogens is 414 g/mol. The number of ether oxygens (including phenoxy) is 1. The highest BCUT2D eigenvalue weighted by molar-refractivity contribution is 7.22. The summed E-state index contributed by atoms with van der Waals surface area (Å²) in [4.78, 5) is 16.1. The first-order valence-corrected chi connectivity index (χ1v) is 9.88. The zero-order valence-electron chi connectivity index (χ0n) is 15.9. The van der Waals surface area contributed by atoms with Gasteiger partial charge in [-0.1, -0.05) is 48.0 Å². The second-order valence-electron chi connectivity index (χ2n) is 5.42. The smallest absolute Gasteiger partial charge is 0.322 e. The minimum atomic E-state index is -0.640. The summed E-state index contributed by atoms with van der Waals surface area (Å²) >= 11 is 7.34. The SMILES string of the molecule is CC.COc1cccc2sc(Nc3nnc(-c4ccc(Cl)cc4C(N)=O)o3)nc12. The van der Waals surface area contributed by atoms with Gasteiger partial charge in [-0.3, -0.25) is 10.1 Å². The first-order valence-electron chi connectivity index (χ1n) is 8.69. The Bertz CT molecular complexity index is 1160. The molecule has 0 aliphatic rings. The van der Waals surface area contributed by atoms with Crippen LogP contribution in [0.5, 0.6) is 5.75 Å². The Hall–Kier alpha value is -3.17. The molecule has 0 fully saturated rings. The average Bonchev–Trinajstić information content (AvgIpc) is 3.35. The van der Waals surface area contributed by atoms with E-state index in [4.69, 9.17) is 26.5 Å². The third-order valence-corrected chi connectivity index (χ3v) is 4.89. The maximum Gasteiger partial charge on any atom is 0.322 e. The minimum Gasteiger partial charge on any atom is -0.494 e. The Morgan fingerprint density at radius 2 is 2.03 bits per heavy atom. The summed E-state index contributed by atoms with van der Waals surface area (Å²) in [6.45, 7) is 4.00. The highest BCUT2D eigenvalue weighted by Crippen LogP contribution is 2.34. The minimum absolute atomic E-state index is 0.133. The van der Waals surface area contributed by atoms with Crippen molar-refractivity contribution < 1.29 is 13.9 Å². The maximum atomic E-state index is 11.6. The molecule has 4 rings (SSSR count). The number of carbonyl (C=O) groups excluding carboxylic acids is 1. The second-order valence-corrected chi connectivity index (χ2v) is 6.88. The monoisotopic (exact) mass is 431 g/mol. The molecule has 0 bridgehead atoms. The van der Waals surface area contributed by atoms with E-state index in [1.165, 1.54) is 17.4 Å². The average molecular weight is 432 g/mol. The fraction of sp³-hybridized carbons (Fsp3) is 0.158. The number of rotatable bonds is 5.